The van der Waals surface area contributed by atoms with Crippen LogP contribution < -0.4 is 4.57 Å². The second kappa shape index (κ2) is 4.63. The summed E-state index contributed by atoms with van der Waals surface area (Å²) in [4.78, 5) is 14.5. The number of aromatic nitrogens is 2. The van der Waals surface area contributed by atoms with E-state index in [-0.39, 0.29) is 5.91 Å². The first-order valence-electron chi connectivity index (χ1n) is 5.94. The maximum absolute atomic E-state index is 11.3. The van der Waals surface area contributed by atoms with Crippen molar-refractivity contribution in [2.45, 2.75) is 6.92 Å². The highest BCUT2D eigenvalue weighted by molar-refractivity contribution is 9.10. The Morgan fingerprint density at radius 2 is 1.95 bits per heavy atom. The number of pyridine rings is 1. The van der Waals surface area contributed by atoms with Crippen LogP contribution in [-0.2, 0) is 0 Å². The van der Waals surface area contributed by atoms with Crippen molar-refractivity contribution in [3.8, 4) is 11.1 Å². The van der Waals surface area contributed by atoms with Gasteiger partial charge in [-0.15, -0.1) is 4.57 Å². The van der Waals surface area contributed by atoms with Crippen LogP contribution in [-0.4, -0.2) is 10.9 Å². The van der Waals surface area contributed by atoms with E-state index >= 15 is 0 Å². The number of aromatic amines is 1. The summed E-state index contributed by atoms with van der Waals surface area (Å²) in [6, 6.07) is 10.0. The predicted molar refractivity (Wildman–Crippen MR) is 77.9 cm³/mol. The lowest BCUT2D eigenvalue weighted by molar-refractivity contribution is -0.572. The lowest BCUT2D eigenvalue weighted by Gasteiger charge is -1.99. The molecule has 0 atom stereocenters. The van der Waals surface area contributed by atoms with Gasteiger partial charge in [-0.25, -0.2) is 4.79 Å². The molecule has 3 aromatic rings. The topological polar surface area (TPSA) is 36.7 Å². The molecule has 0 spiro atoms. The molecule has 0 aliphatic rings. The summed E-state index contributed by atoms with van der Waals surface area (Å²) < 4.78 is 2.62. The summed E-state index contributed by atoms with van der Waals surface area (Å²) in [7, 11) is 0. The smallest absolute Gasteiger partial charge is 0.361 e. The van der Waals surface area contributed by atoms with Crippen LogP contribution >= 0.6 is 15.9 Å². The van der Waals surface area contributed by atoms with Gasteiger partial charge >= 0.3 is 5.91 Å². The summed E-state index contributed by atoms with van der Waals surface area (Å²) in [6.07, 6.45) is 5.56. The first-order chi connectivity index (χ1) is 9.15. The molecule has 0 radical (unpaired) electrons. The molecule has 0 aliphatic carbocycles. The molecule has 3 nitrogen and oxygen atoms in total. The van der Waals surface area contributed by atoms with Crippen molar-refractivity contribution in [1.82, 2.24) is 4.98 Å². The molecular formula is C15H12BrN2O+. The zero-order valence-corrected chi connectivity index (χ0v) is 11.9. The minimum Gasteiger partial charge on any atom is -0.361 e. The van der Waals surface area contributed by atoms with Crippen molar-refractivity contribution in [3.63, 3.8) is 0 Å². The minimum atomic E-state index is 0.00761. The number of halogens is 1. The number of fused-ring (bicyclic) bond motifs is 1. The second-order valence-corrected chi connectivity index (χ2v) is 5.32. The Hall–Kier alpha value is -1.94. The van der Waals surface area contributed by atoms with Crippen LogP contribution in [0.4, 0.5) is 0 Å². The molecule has 0 saturated carbocycles. The van der Waals surface area contributed by atoms with E-state index in [9.17, 15) is 4.79 Å². The molecule has 0 saturated heterocycles. The van der Waals surface area contributed by atoms with Gasteiger partial charge in [0, 0.05) is 39.3 Å². The first-order valence-corrected chi connectivity index (χ1v) is 6.74. The fourth-order valence-electron chi connectivity index (χ4n) is 2.15. The zero-order valence-electron chi connectivity index (χ0n) is 10.4. The van der Waals surface area contributed by atoms with Crippen molar-refractivity contribution in [2.75, 3.05) is 0 Å². The van der Waals surface area contributed by atoms with Crippen LogP contribution in [0.1, 0.15) is 11.7 Å². The van der Waals surface area contributed by atoms with Crippen LogP contribution in [0.15, 0.2) is 53.4 Å². The van der Waals surface area contributed by atoms with Gasteiger partial charge in [0.25, 0.3) is 0 Å². The van der Waals surface area contributed by atoms with E-state index in [1.165, 1.54) is 0 Å². The van der Waals surface area contributed by atoms with Gasteiger partial charge in [-0.1, -0.05) is 15.9 Å². The quantitative estimate of drug-likeness (QED) is 0.685. The highest BCUT2D eigenvalue weighted by Gasteiger charge is 2.10. The Kier molecular flexibility index (Phi) is 2.95. The third-order valence-electron chi connectivity index (χ3n) is 3.15. The van der Waals surface area contributed by atoms with Crippen LogP contribution in [0.3, 0.4) is 0 Å². The van der Waals surface area contributed by atoms with Gasteiger partial charge in [-0.05, 0) is 23.8 Å². The van der Waals surface area contributed by atoms with E-state index in [1.807, 2.05) is 30.5 Å². The van der Waals surface area contributed by atoms with Crippen LogP contribution in [0.5, 0.6) is 0 Å². The average Bonchev–Trinajstić information content (AvgIpc) is 2.81. The summed E-state index contributed by atoms with van der Waals surface area (Å²) in [5.74, 6) is 0.00761. The second-order valence-electron chi connectivity index (χ2n) is 4.41. The molecule has 0 fully saturated rings. The standard InChI is InChI=1S/C15H11BrN2O/c1-10(19)18-6-4-11(5-7-18)14-9-17-15-3-2-12(16)8-13(14)15/h2-9H,1H3/p+1. The monoisotopic (exact) mass is 315 g/mol. The lowest BCUT2D eigenvalue weighted by Crippen LogP contribution is -2.39. The molecular weight excluding hydrogens is 304 g/mol. The number of carbonyl (C=O) groups excluding carboxylic acids is 1. The number of H-pyrrole nitrogens is 1. The lowest BCUT2D eigenvalue weighted by atomic mass is 10.1. The molecule has 1 aromatic carbocycles. The number of rotatable bonds is 1. The largest absolute Gasteiger partial charge is 0.389 e. The van der Waals surface area contributed by atoms with Crippen LogP contribution in [0, 0.1) is 0 Å². The number of hydrogen-bond donors (Lipinski definition) is 1. The van der Waals surface area contributed by atoms with Gasteiger partial charge < -0.3 is 4.98 Å². The van der Waals surface area contributed by atoms with Gasteiger partial charge in [-0.2, -0.15) is 0 Å². The Bertz CT molecular complexity index is 759. The number of carbonyl (C=O) groups is 1. The summed E-state index contributed by atoms with van der Waals surface area (Å²) >= 11 is 3.49. The predicted octanol–water partition coefficient (Wildman–Crippen LogP) is 3.55. The summed E-state index contributed by atoms with van der Waals surface area (Å²) in [6.45, 7) is 1.54. The van der Waals surface area contributed by atoms with Gasteiger partial charge in [0.1, 0.15) is 0 Å². The molecule has 0 aliphatic heterocycles. The van der Waals surface area contributed by atoms with Crippen molar-refractivity contribution in [3.05, 3.63) is 53.4 Å². The van der Waals surface area contributed by atoms with Gasteiger partial charge in [0.15, 0.2) is 12.4 Å². The number of nitrogens with one attached hydrogen (secondary N) is 1. The molecule has 19 heavy (non-hydrogen) atoms. The molecule has 0 amide bonds. The Balaban J connectivity index is 2.13. The van der Waals surface area contributed by atoms with E-state index in [1.54, 1.807) is 23.9 Å². The molecule has 2 aromatic heterocycles. The zero-order chi connectivity index (χ0) is 13.4. The maximum Gasteiger partial charge on any atom is 0.389 e. The SMILES string of the molecule is CC(=O)[n+]1ccc(-c2c[nH]c3ccc(Br)cc23)cc1. The van der Waals surface area contributed by atoms with Gasteiger partial charge in [0.2, 0.25) is 0 Å². The molecule has 4 heteroatoms. The number of nitrogens with zero attached hydrogens (tertiary/aromatic N) is 1. The summed E-state index contributed by atoms with van der Waals surface area (Å²) in [5, 5.41) is 1.16. The van der Waals surface area contributed by atoms with Gasteiger partial charge in [0.05, 0.1) is 6.92 Å². The normalized spacial score (nSPS) is 10.8. The van der Waals surface area contributed by atoms with E-state index in [2.05, 4.69) is 27.0 Å². The van der Waals surface area contributed by atoms with Crippen molar-refractivity contribution >= 4 is 32.7 Å². The van der Waals surface area contributed by atoms with Crippen molar-refractivity contribution < 1.29 is 9.36 Å². The van der Waals surface area contributed by atoms with E-state index in [0.717, 1.165) is 26.5 Å². The van der Waals surface area contributed by atoms with Crippen LogP contribution in [0.25, 0.3) is 22.0 Å². The Morgan fingerprint density at radius 3 is 2.63 bits per heavy atom. The maximum atomic E-state index is 11.3. The number of benzene rings is 1. The van der Waals surface area contributed by atoms with E-state index in [4.69, 9.17) is 0 Å². The minimum absolute atomic E-state index is 0.00761. The fraction of sp³-hybridized carbons (Fsp3) is 0.0667. The van der Waals surface area contributed by atoms with Crippen molar-refractivity contribution in [1.29, 1.82) is 0 Å². The van der Waals surface area contributed by atoms with Crippen molar-refractivity contribution in [2.24, 2.45) is 0 Å². The molecule has 0 unspecified atom stereocenters. The average molecular weight is 316 g/mol. The molecule has 0 bridgehead atoms. The highest BCUT2D eigenvalue weighted by Crippen LogP contribution is 2.29. The Morgan fingerprint density at radius 1 is 1.21 bits per heavy atom. The molecule has 3 rings (SSSR count). The summed E-state index contributed by atoms with van der Waals surface area (Å²) in [5.41, 5.74) is 3.32. The third kappa shape index (κ3) is 2.19. The first kappa shape index (κ1) is 12.1. The van der Waals surface area contributed by atoms with E-state index < -0.39 is 0 Å². The molecule has 1 N–H and O–H groups in total. The molecule has 94 valence electrons. The number of hydrogen-bond acceptors (Lipinski definition) is 1. The molecule has 2 heterocycles. The fourth-order valence-corrected chi connectivity index (χ4v) is 2.51. The third-order valence-corrected chi connectivity index (χ3v) is 3.64. The Labute approximate surface area is 119 Å². The highest BCUT2D eigenvalue weighted by atomic mass is 79.9. The van der Waals surface area contributed by atoms with Crippen LogP contribution in [0.2, 0.25) is 0 Å². The van der Waals surface area contributed by atoms with E-state index in [0.29, 0.717) is 0 Å². The van der Waals surface area contributed by atoms with Gasteiger partial charge in [-0.3, -0.25) is 0 Å².